The molecule has 0 spiro atoms. The van der Waals surface area contributed by atoms with E-state index in [9.17, 15) is 0 Å². The zero-order chi connectivity index (χ0) is 12.0. The highest BCUT2D eigenvalue weighted by Gasteiger charge is 2.21. The van der Waals surface area contributed by atoms with Gasteiger partial charge in [-0.3, -0.25) is 0 Å². The summed E-state index contributed by atoms with van der Waals surface area (Å²) in [5, 5.41) is 0. The molecule has 1 nitrogen and oxygen atoms in total. The second kappa shape index (κ2) is 6.60. The molecule has 1 aromatic carbocycles. The SMILES string of the molecule is CC(C)(CI)/C(C#Cc1ccccc1)=N/I. The molecule has 0 heterocycles. The zero-order valence-electron chi connectivity index (χ0n) is 9.30. The molecule has 0 aliphatic heterocycles. The van der Waals surface area contributed by atoms with Crippen molar-refractivity contribution in [3.63, 3.8) is 0 Å². The highest BCUT2D eigenvalue weighted by Crippen LogP contribution is 2.21. The number of benzene rings is 1. The molecule has 16 heavy (non-hydrogen) atoms. The minimum atomic E-state index is 0.0452. The molecule has 0 saturated heterocycles. The Morgan fingerprint density at radius 3 is 2.44 bits per heavy atom. The second-order valence-electron chi connectivity index (χ2n) is 4.07. The summed E-state index contributed by atoms with van der Waals surface area (Å²) < 4.78 is 5.26. The molecule has 0 bridgehead atoms. The van der Waals surface area contributed by atoms with Crippen molar-refractivity contribution in [1.82, 2.24) is 0 Å². The molecule has 0 aliphatic carbocycles. The van der Waals surface area contributed by atoms with Gasteiger partial charge in [-0.05, 0) is 18.1 Å². The predicted molar refractivity (Wildman–Crippen MR) is 87.4 cm³/mol. The van der Waals surface area contributed by atoms with Crippen molar-refractivity contribution in [2.45, 2.75) is 13.8 Å². The van der Waals surface area contributed by atoms with Gasteiger partial charge in [0.25, 0.3) is 0 Å². The Bertz CT molecular complexity index is 424. The molecule has 0 aromatic heterocycles. The minimum Gasteiger partial charge on any atom is -0.210 e. The van der Waals surface area contributed by atoms with E-state index in [1.54, 1.807) is 0 Å². The summed E-state index contributed by atoms with van der Waals surface area (Å²) in [4.78, 5) is 0. The van der Waals surface area contributed by atoms with Crippen LogP contribution in [0.2, 0.25) is 0 Å². The Balaban J connectivity index is 2.93. The summed E-state index contributed by atoms with van der Waals surface area (Å²) in [7, 11) is 0. The van der Waals surface area contributed by atoms with Gasteiger partial charge in [-0.1, -0.05) is 60.6 Å². The van der Waals surface area contributed by atoms with Gasteiger partial charge in [0, 0.05) is 15.4 Å². The Morgan fingerprint density at radius 2 is 1.94 bits per heavy atom. The Hall–Kier alpha value is -0.0900. The van der Waals surface area contributed by atoms with E-state index >= 15 is 0 Å². The Kier molecular flexibility index (Phi) is 5.76. The first-order valence-corrected chi connectivity index (χ1v) is 7.41. The van der Waals surface area contributed by atoms with E-state index in [-0.39, 0.29) is 5.41 Å². The third kappa shape index (κ3) is 4.06. The first-order valence-electron chi connectivity index (χ1n) is 4.92. The Labute approximate surface area is 125 Å². The molecule has 1 rings (SSSR count). The minimum absolute atomic E-state index is 0.0452. The summed E-state index contributed by atoms with van der Waals surface area (Å²) in [5.41, 5.74) is 2.03. The quantitative estimate of drug-likeness (QED) is 0.284. The fraction of sp³-hybridized carbons (Fsp3) is 0.308. The fourth-order valence-corrected chi connectivity index (χ4v) is 2.16. The molecule has 0 N–H and O–H groups in total. The first kappa shape index (κ1) is 14.0. The second-order valence-corrected chi connectivity index (χ2v) is 5.31. The molecule has 1 aromatic rings. The highest BCUT2D eigenvalue weighted by molar-refractivity contribution is 14.1. The van der Waals surface area contributed by atoms with Crippen LogP contribution in [-0.4, -0.2) is 10.1 Å². The summed E-state index contributed by atoms with van der Waals surface area (Å²) in [5.74, 6) is 6.31. The van der Waals surface area contributed by atoms with Gasteiger partial charge in [0.2, 0.25) is 0 Å². The van der Waals surface area contributed by atoms with Crippen LogP contribution in [0.15, 0.2) is 33.5 Å². The molecule has 0 aliphatic rings. The van der Waals surface area contributed by atoms with Gasteiger partial charge >= 0.3 is 0 Å². The van der Waals surface area contributed by atoms with Crippen LogP contribution in [0.1, 0.15) is 19.4 Å². The predicted octanol–water partition coefficient (Wildman–Crippen LogP) is 4.29. The van der Waals surface area contributed by atoms with E-state index in [0.717, 1.165) is 15.7 Å². The number of rotatable bonds is 2. The smallest absolute Gasteiger partial charge is 0.103 e. The number of hydrogen-bond acceptors (Lipinski definition) is 1. The van der Waals surface area contributed by atoms with Crippen LogP contribution >= 0.6 is 45.5 Å². The van der Waals surface area contributed by atoms with Crippen LogP contribution in [0.4, 0.5) is 0 Å². The molecule has 84 valence electrons. The van der Waals surface area contributed by atoms with Crippen molar-refractivity contribution in [1.29, 1.82) is 0 Å². The van der Waals surface area contributed by atoms with Crippen LogP contribution < -0.4 is 0 Å². The summed E-state index contributed by atoms with van der Waals surface area (Å²) in [6, 6.07) is 10.00. The van der Waals surface area contributed by atoms with Crippen molar-refractivity contribution < 1.29 is 0 Å². The van der Waals surface area contributed by atoms with E-state index in [0.29, 0.717) is 0 Å². The van der Waals surface area contributed by atoms with Crippen LogP contribution in [0.25, 0.3) is 0 Å². The lowest BCUT2D eigenvalue weighted by atomic mass is 9.90. The van der Waals surface area contributed by atoms with Gasteiger partial charge in [0.05, 0.1) is 22.9 Å². The van der Waals surface area contributed by atoms with E-state index in [1.807, 2.05) is 53.2 Å². The lowest BCUT2D eigenvalue weighted by molar-refractivity contribution is 0.621. The normalized spacial score (nSPS) is 11.9. The van der Waals surface area contributed by atoms with E-state index in [1.165, 1.54) is 0 Å². The largest absolute Gasteiger partial charge is 0.210 e. The van der Waals surface area contributed by atoms with Gasteiger partial charge in [0.1, 0.15) is 5.71 Å². The monoisotopic (exact) mass is 437 g/mol. The van der Waals surface area contributed by atoms with Crippen LogP contribution in [0.3, 0.4) is 0 Å². The number of halogens is 2. The van der Waals surface area contributed by atoms with E-state index in [2.05, 4.69) is 51.5 Å². The van der Waals surface area contributed by atoms with Gasteiger partial charge in [0.15, 0.2) is 0 Å². The lowest BCUT2D eigenvalue weighted by Gasteiger charge is -2.19. The standard InChI is InChI=1S/C13H13I2N/c1-13(2,10-14)12(16-15)9-8-11-6-4-3-5-7-11/h3-7H,10H2,1-2H3/b16-12+. The third-order valence-corrected chi connectivity index (χ3v) is 4.55. The average molecular weight is 437 g/mol. The van der Waals surface area contributed by atoms with Gasteiger partial charge in [-0.2, -0.15) is 0 Å². The average Bonchev–Trinajstić information content (AvgIpc) is 2.31. The van der Waals surface area contributed by atoms with Gasteiger partial charge < -0.3 is 0 Å². The molecular weight excluding hydrogens is 424 g/mol. The molecule has 0 amide bonds. The van der Waals surface area contributed by atoms with Crippen molar-refractivity contribution in [2.75, 3.05) is 4.43 Å². The Morgan fingerprint density at radius 1 is 1.31 bits per heavy atom. The molecule has 0 radical (unpaired) electrons. The molecule has 0 fully saturated rings. The highest BCUT2D eigenvalue weighted by atomic mass is 127. The van der Waals surface area contributed by atoms with Crippen LogP contribution in [-0.2, 0) is 0 Å². The fourth-order valence-electron chi connectivity index (χ4n) is 1.02. The van der Waals surface area contributed by atoms with Crippen molar-refractivity contribution in [3.05, 3.63) is 35.9 Å². The number of alkyl halides is 1. The van der Waals surface area contributed by atoms with E-state index < -0.39 is 0 Å². The molecule has 0 unspecified atom stereocenters. The van der Waals surface area contributed by atoms with Gasteiger partial charge in [-0.15, -0.1) is 0 Å². The maximum Gasteiger partial charge on any atom is 0.103 e. The number of nitrogens with zero attached hydrogens (tertiary/aromatic N) is 1. The zero-order valence-corrected chi connectivity index (χ0v) is 13.6. The van der Waals surface area contributed by atoms with Crippen LogP contribution in [0, 0.1) is 17.3 Å². The molecule has 3 heteroatoms. The molecular formula is C13H13I2N. The third-order valence-electron chi connectivity index (χ3n) is 2.16. The topological polar surface area (TPSA) is 12.4 Å². The number of hydrogen-bond donors (Lipinski definition) is 0. The maximum absolute atomic E-state index is 4.25. The molecule has 0 saturated carbocycles. The van der Waals surface area contributed by atoms with Crippen molar-refractivity contribution >= 4 is 51.2 Å². The van der Waals surface area contributed by atoms with Crippen molar-refractivity contribution in [2.24, 2.45) is 8.62 Å². The maximum atomic E-state index is 4.25. The van der Waals surface area contributed by atoms with Crippen LogP contribution in [0.5, 0.6) is 0 Å². The lowest BCUT2D eigenvalue weighted by Crippen LogP contribution is -2.24. The van der Waals surface area contributed by atoms with E-state index in [4.69, 9.17) is 0 Å². The summed E-state index contributed by atoms with van der Waals surface area (Å²) >= 11 is 4.39. The summed E-state index contributed by atoms with van der Waals surface area (Å²) in [6.07, 6.45) is 0. The summed E-state index contributed by atoms with van der Waals surface area (Å²) in [6.45, 7) is 4.33. The van der Waals surface area contributed by atoms with Gasteiger partial charge in [-0.25, -0.2) is 3.21 Å². The first-order chi connectivity index (χ1) is 7.60. The molecule has 0 atom stereocenters. The van der Waals surface area contributed by atoms with Crippen molar-refractivity contribution in [3.8, 4) is 11.8 Å².